The number of fused-ring (bicyclic) bond motifs is 3. The molecule has 7 heteroatoms. The molecule has 4 nitrogen and oxygen atoms in total. The van der Waals surface area contributed by atoms with Crippen LogP contribution in [0, 0.1) is 11.6 Å². The third-order valence-corrected chi connectivity index (χ3v) is 7.57. The highest BCUT2D eigenvalue weighted by molar-refractivity contribution is 5.85. The average Bonchev–Trinajstić information content (AvgIpc) is 3.13. The second kappa shape index (κ2) is 11.0. The maximum absolute atomic E-state index is 14.2. The lowest BCUT2D eigenvalue weighted by molar-refractivity contribution is -0.133. The van der Waals surface area contributed by atoms with Crippen LogP contribution in [-0.2, 0) is 4.79 Å². The van der Waals surface area contributed by atoms with E-state index in [0.29, 0.717) is 12.3 Å². The summed E-state index contributed by atoms with van der Waals surface area (Å²) in [5.74, 6) is 0.132. The fraction of sp³-hybridized carbons (Fsp3) is 0.519. The average molecular weight is 490 g/mol. The molecule has 2 aromatic rings. The smallest absolute Gasteiger partial charge is 0.222 e. The molecule has 2 unspecified atom stereocenters. The van der Waals surface area contributed by atoms with Crippen LogP contribution in [0.3, 0.4) is 0 Å². The van der Waals surface area contributed by atoms with Gasteiger partial charge < -0.3 is 14.7 Å². The summed E-state index contributed by atoms with van der Waals surface area (Å²) in [4.78, 5) is 18.8. The number of nitrogens with zero attached hydrogens (tertiary/aromatic N) is 3. The zero-order valence-electron chi connectivity index (χ0n) is 19.6. The highest BCUT2D eigenvalue weighted by Crippen LogP contribution is 2.48. The first-order chi connectivity index (χ1) is 16.1. The Morgan fingerprint density at radius 2 is 1.65 bits per heavy atom. The first-order valence-electron chi connectivity index (χ1n) is 12.4. The molecule has 2 atom stereocenters. The van der Waals surface area contributed by atoms with Crippen molar-refractivity contribution in [2.75, 3.05) is 37.6 Å². The summed E-state index contributed by atoms with van der Waals surface area (Å²) in [6.45, 7) is 4.79. The number of hydrogen-bond acceptors (Lipinski definition) is 3. The van der Waals surface area contributed by atoms with Crippen molar-refractivity contribution < 1.29 is 13.6 Å². The number of likely N-dealkylation sites (tertiary alicyclic amines) is 2. The Balaban J connectivity index is 0.00000274. The van der Waals surface area contributed by atoms with Gasteiger partial charge in [-0.05, 0) is 86.7 Å². The number of piperidine rings is 2. The zero-order chi connectivity index (χ0) is 22.8. The van der Waals surface area contributed by atoms with E-state index in [1.165, 1.54) is 18.2 Å². The Labute approximate surface area is 207 Å². The lowest BCUT2D eigenvalue weighted by atomic mass is 9.89. The maximum atomic E-state index is 14.2. The fourth-order valence-corrected chi connectivity index (χ4v) is 5.89. The molecule has 0 spiro atoms. The van der Waals surface area contributed by atoms with E-state index in [1.54, 1.807) is 6.07 Å². The van der Waals surface area contributed by atoms with E-state index in [-0.39, 0.29) is 36.0 Å². The Morgan fingerprint density at radius 1 is 0.882 bits per heavy atom. The second-order valence-electron chi connectivity index (χ2n) is 9.71. The molecule has 0 N–H and O–H groups in total. The normalized spacial score (nSPS) is 22.4. The molecule has 1 amide bonds. The van der Waals surface area contributed by atoms with Gasteiger partial charge in [0, 0.05) is 55.9 Å². The Morgan fingerprint density at radius 3 is 2.44 bits per heavy atom. The predicted octanol–water partition coefficient (Wildman–Crippen LogP) is 5.88. The number of hydrogen-bond donors (Lipinski definition) is 0. The van der Waals surface area contributed by atoms with Gasteiger partial charge in [0.1, 0.15) is 11.6 Å². The molecule has 3 aliphatic heterocycles. The SMILES string of the molecule is Cl.O=C1CCCCN1CCCCCN1CCC2C(C1)c1cc(F)ccc1N2c1ccc(F)cc1. The fourth-order valence-electron chi connectivity index (χ4n) is 5.89. The quantitative estimate of drug-likeness (QED) is 0.454. The molecule has 5 rings (SSSR count). The summed E-state index contributed by atoms with van der Waals surface area (Å²) in [5, 5.41) is 0. The molecule has 2 fully saturated rings. The molecule has 2 saturated heterocycles. The van der Waals surface area contributed by atoms with Gasteiger partial charge >= 0.3 is 0 Å². The summed E-state index contributed by atoms with van der Waals surface area (Å²) in [6.07, 6.45) is 7.21. The first-order valence-corrected chi connectivity index (χ1v) is 12.4. The summed E-state index contributed by atoms with van der Waals surface area (Å²) < 4.78 is 27.7. The van der Waals surface area contributed by atoms with Crippen LogP contribution in [0.25, 0.3) is 0 Å². The van der Waals surface area contributed by atoms with Crippen LogP contribution in [0.5, 0.6) is 0 Å². The van der Waals surface area contributed by atoms with Gasteiger partial charge in [0.2, 0.25) is 5.91 Å². The van der Waals surface area contributed by atoms with E-state index in [1.807, 2.05) is 23.1 Å². The summed E-state index contributed by atoms with van der Waals surface area (Å²) in [7, 11) is 0. The molecule has 34 heavy (non-hydrogen) atoms. The highest BCUT2D eigenvalue weighted by Gasteiger charge is 2.42. The van der Waals surface area contributed by atoms with Crippen molar-refractivity contribution >= 4 is 29.7 Å². The molecule has 0 radical (unpaired) electrons. The van der Waals surface area contributed by atoms with Gasteiger partial charge in [-0.1, -0.05) is 6.42 Å². The summed E-state index contributed by atoms with van der Waals surface area (Å²) in [5.41, 5.74) is 3.08. The van der Waals surface area contributed by atoms with Crippen molar-refractivity contribution in [3.05, 3.63) is 59.7 Å². The minimum Gasteiger partial charge on any atom is -0.343 e. The molecular weight excluding hydrogens is 456 g/mol. The van der Waals surface area contributed by atoms with Crippen molar-refractivity contribution in [3.8, 4) is 0 Å². The van der Waals surface area contributed by atoms with E-state index >= 15 is 0 Å². The molecular formula is C27H34ClF2N3O. The zero-order valence-corrected chi connectivity index (χ0v) is 20.4. The second-order valence-corrected chi connectivity index (χ2v) is 9.71. The van der Waals surface area contributed by atoms with Crippen LogP contribution < -0.4 is 4.90 Å². The number of carbonyl (C=O) groups is 1. The number of benzene rings is 2. The largest absolute Gasteiger partial charge is 0.343 e. The number of unbranched alkanes of at least 4 members (excludes halogenated alkanes) is 2. The lowest BCUT2D eigenvalue weighted by Crippen LogP contribution is -2.45. The minimum absolute atomic E-state index is 0. The van der Waals surface area contributed by atoms with Crippen LogP contribution in [0.4, 0.5) is 20.2 Å². The molecule has 0 bridgehead atoms. The number of anilines is 2. The van der Waals surface area contributed by atoms with Crippen molar-refractivity contribution in [2.45, 2.75) is 56.9 Å². The van der Waals surface area contributed by atoms with Crippen molar-refractivity contribution in [1.82, 2.24) is 9.80 Å². The van der Waals surface area contributed by atoms with E-state index < -0.39 is 0 Å². The van der Waals surface area contributed by atoms with Crippen LogP contribution in [-0.4, -0.2) is 54.5 Å². The molecule has 0 aliphatic carbocycles. The van der Waals surface area contributed by atoms with Gasteiger partial charge in [0.15, 0.2) is 0 Å². The number of halogens is 3. The van der Waals surface area contributed by atoms with Gasteiger partial charge in [0.25, 0.3) is 0 Å². The Hall–Kier alpha value is -2.18. The van der Waals surface area contributed by atoms with E-state index in [2.05, 4.69) is 9.80 Å². The monoisotopic (exact) mass is 489 g/mol. The number of carbonyl (C=O) groups excluding carboxylic acids is 1. The van der Waals surface area contributed by atoms with Gasteiger partial charge in [-0.15, -0.1) is 12.4 Å². The van der Waals surface area contributed by atoms with Crippen LogP contribution in [0.2, 0.25) is 0 Å². The molecule has 3 aliphatic rings. The van der Waals surface area contributed by atoms with Crippen molar-refractivity contribution in [1.29, 1.82) is 0 Å². The van der Waals surface area contributed by atoms with E-state index in [0.717, 1.165) is 88.2 Å². The van der Waals surface area contributed by atoms with Gasteiger partial charge in [-0.3, -0.25) is 4.79 Å². The summed E-state index contributed by atoms with van der Waals surface area (Å²) in [6, 6.07) is 12.0. The van der Waals surface area contributed by atoms with Gasteiger partial charge in [-0.25, -0.2) is 8.78 Å². The Bertz CT molecular complexity index is 986. The predicted molar refractivity (Wildman–Crippen MR) is 134 cm³/mol. The summed E-state index contributed by atoms with van der Waals surface area (Å²) >= 11 is 0. The van der Waals surface area contributed by atoms with Crippen LogP contribution >= 0.6 is 12.4 Å². The number of amides is 1. The Kier molecular flexibility index (Phi) is 8.10. The van der Waals surface area contributed by atoms with Crippen molar-refractivity contribution in [2.24, 2.45) is 0 Å². The maximum Gasteiger partial charge on any atom is 0.222 e. The third-order valence-electron chi connectivity index (χ3n) is 7.57. The molecule has 184 valence electrons. The van der Waals surface area contributed by atoms with E-state index in [9.17, 15) is 13.6 Å². The highest BCUT2D eigenvalue weighted by atomic mass is 35.5. The van der Waals surface area contributed by atoms with E-state index in [4.69, 9.17) is 0 Å². The number of rotatable bonds is 7. The standard InChI is InChI=1S/C27H33F2N3O.ClH/c28-20-7-10-22(11-8-20)32-25-12-9-21(29)18-23(25)24-19-30(17-13-26(24)32)14-3-1-4-15-31-16-5-2-6-27(31)33;/h7-12,18,24,26H,1-6,13-17,19H2;1H. The minimum atomic E-state index is -0.242. The lowest BCUT2D eigenvalue weighted by Gasteiger charge is -2.39. The molecule has 3 heterocycles. The first kappa shape index (κ1) is 24.9. The molecule has 0 saturated carbocycles. The van der Waals surface area contributed by atoms with Crippen LogP contribution in [0.1, 0.15) is 56.4 Å². The molecule has 0 aromatic heterocycles. The third kappa shape index (κ3) is 5.23. The topological polar surface area (TPSA) is 26.8 Å². The van der Waals surface area contributed by atoms with Crippen LogP contribution in [0.15, 0.2) is 42.5 Å². The van der Waals surface area contributed by atoms with Gasteiger partial charge in [-0.2, -0.15) is 0 Å². The van der Waals surface area contributed by atoms with Gasteiger partial charge in [0.05, 0.1) is 0 Å². The van der Waals surface area contributed by atoms with Crippen molar-refractivity contribution in [3.63, 3.8) is 0 Å². The molecule has 2 aromatic carbocycles.